The molecular formula is C11H12F2N4. The zero-order valence-corrected chi connectivity index (χ0v) is 9.08. The minimum atomic E-state index is -0.672. The Labute approximate surface area is 96.9 Å². The molecule has 0 amide bonds. The lowest BCUT2D eigenvalue weighted by atomic mass is 10.2. The summed E-state index contributed by atoms with van der Waals surface area (Å²) >= 11 is 0. The third kappa shape index (κ3) is 2.65. The number of hydrogen-bond donors (Lipinski definition) is 2. The Kier molecular flexibility index (Phi) is 3.43. The van der Waals surface area contributed by atoms with Gasteiger partial charge in [-0.15, -0.1) is 0 Å². The molecule has 0 bridgehead atoms. The van der Waals surface area contributed by atoms with Gasteiger partial charge >= 0.3 is 0 Å². The van der Waals surface area contributed by atoms with Crippen LogP contribution in [0.2, 0.25) is 0 Å². The van der Waals surface area contributed by atoms with E-state index in [2.05, 4.69) is 15.2 Å². The third-order valence-corrected chi connectivity index (χ3v) is 2.32. The molecule has 1 aromatic carbocycles. The second kappa shape index (κ2) is 5.01. The van der Waals surface area contributed by atoms with Crippen LogP contribution in [0.5, 0.6) is 0 Å². The van der Waals surface area contributed by atoms with Gasteiger partial charge in [-0.3, -0.25) is 5.10 Å². The second-order valence-corrected chi connectivity index (χ2v) is 3.62. The van der Waals surface area contributed by atoms with E-state index in [1.165, 1.54) is 12.1 Å². The van der Waals surface area contributed by atoms with E-state index in [4.69, 9.17) is 5.73 Å². The highest BCUT2D eigenvalue weighted by Crippen LogP contribution is 2.19. The molecule has 0 saturated heterocycles. The molecule has 0 spiro atoms. The Morgan fingerprint density at radius 2 is 2.12 bits per heavy atom. The molecule has 0 fully saturated rings. The molecule has 2 aromatic rings. The first-order valence-corrected chi connectivity index (χ1v) is 5.27. The number of H-pyrrole nitrogens is 1. The fourth-order valence-corrected chi connectivity index (χ4v) is 1.47. The van der Waals surface area contributed by atoms with Crippen LogP contribution >= 0.6 is 0 Å². The normalized spacial score (nSPS) is 10.8. The van der Waals surface area contributed by atoms with Gasteiger partial charge in [-0.25, -0.2) is 13.8 Å². The van der Waals surface area contributed by atoms with Gasteiger partial charge in [0.2, 0.25) is 0 Å². The van der Waals surface area contributed by atoms with Gasteiger partial charge in [0, 0.05) is 12.5 Å². The van der Waals surface area contributed by atoms with Gasteiger partial charge in [0.1, 0.15) is 17.5 Å². The predicted octanol–water partition coefficient (Wildman–Crippen LogP) is 1.64. The number of nitrogens with two attached hydrogens (primary N) is 1. The minimum absolute atomic E-state index is 0.182. The number of aromatic amines is 1. The Hall–Kier alpha value is -1.82. The Morgan fingerprint density at radius 1 is 1.29 bits per heavy atom. The summed E-state index contributed by atoms with van der Waals surface area (Å²) in [6.45, 7) is 0.556. The molecule has 0 aliphatic rings. The molecule has 0 aliphatic carbocycles. The van der Waals surface area contributed by atoms with Crippen molar-refractivity contribution >= 4 is 0 Å². The summed E-state index contributed by atoms with van der Waals surface area (Å²) in [5.41, 5.74) is 5.55. The molecular weight excluding hydrogens is 226 g/mol. The number of benzene rings is 1. The van der Waals surface area contributed by atoms with Crippen LogP contribution in [0, 0.1) is 11.6 Å². The van der Waals surface area contributed by atoms with Crippen LogP contribution in [-0.4, -0.2) is 21.7 Å². The van der Waals surface area contributed by atoms with Crippen LogP contribution in [-0.2, 0) is 6.42 Å². The van der Waals surface area contributed by atoms with Crippen LogP contribution in [0.4, 0.5) is 8.78 Å². The molecule has 0 saturated carbocycles. The largest absolute Gasteiger partial charge is 0.330 e. The summed E-state index contributed by atoms with van der Waals surface area (Å²) in [7, 11) is 0. The second-order valence-electron chi connectivity index (χ2n) is 3.62. The average Bonchev–Trinajstić information content (AvgIpc) is 2.75. The molecule has 0 atom stereocenters. The van der Waals surface area contributed by atoms with Crippen molar-refractivity contribution in [3.8, 4) is 11.4 Å². The summed E-state index contributed by atoms with van der Waals surface area (Å²) in [5, 5.41) is 6.59. The average molecular weight is 238 g/mol. The molecule has 90 valence electrons. The number of aromatic nitrogens is 3. The van der Waals surface area contributed by atoms with Gasteiger partial charge < -0.3 is 5.73 Å². The van der Waals surface area contributed by atoms with E-state index >= 15 is 0 Å². The zero-order chi connectivity index (χ0) is 12.3. The Morgan fingerprint density at radius 3 is 2.82 bits per heavy atom. The summed E-state index contributed by atoms with van der Waals surface area (Å²) in [4.78, 5) is 4.12. The van der Waals surface area contributed by atoms with Crippen molar-refractivity contribution in [2.75, 3.05) is 6.54 Å². The number of nitrogens with one attached hydrogen (secondary N) is 1. The van der Waals surface area contributed by atoms with E-state index in [1.54, 1.807) is 0 Å². The number of rotatable bonds is 4. The SMILES string of the molecule is NCCCc1nc(-c2ccc(F)cc2F)n[nH]1. The van der Waals surface area contributed by atoms with Gasteiger partial charge in [0.25, 0.3) is 0 Å². The van der Waals surface area contributed by atoms with Crippen LogP contribution < -0.4 is 5.73 Å². The molecule has 1 heterocycles. The number of aryl methyl sites for hydroxylation is 1. The van der Waals surface area contributed by atoms with Gasteiger partial charge in [-0.05, 0) is 25.1 Å². The van der Waals surface area contributed by atoms with Crippen molar-refractivity contribution in [2.24, 2.45) is 5.73 Å². The van der Waals surface area contributed by atoms with Gasteiger partial charge in [-0.1, -0.05) is 0 Å². The maximum Gasteiger partial charge on any atom is 0.184 e. The first-order chi connectivity index (χ1) is 8.20. The lowest BCUT2D eigenvalue weighted by molar-refractivity contribution is 0.585. The van der Waals surface area contributed by atoms with Crippen molar-refractivity contribution < 1.29 is 8.78 Å². The standard InChI is InChI=1S/C11H12F2N4/c12-7-3-4-8(9(13)6-7)11-15-10(16-17-11)2-1-5-14/h3-4,6H,1-2,5,14H2,(H,15,16,17). The monoisotopic (exact) mass is 238 g/mol. The molecule has 1 aromatic heterocycles. The summed E-state index contributed by atoms with van der Waals surface area (Å²) in [6, 6.07) is 3.31. The van der Waals surface area contributed by atoms with E-state index < -0.39 is 11.6 Å². The quantitative estimate of drug-likeness (QED) is 0.850. The molecule has 3 N–H and O–H groups in total. The smallest absolute Gasteiger partial charge is 0.184 e. The highest BCUT2D eigenvalue weighted by molar-refractivity contribution is 5.55. The molecule has 0 unspecified atom stereocenters. The molecule has 2 rings (SSSR count). The van der Waals surface area contributed by atoms with Gasteiger partial charge in [-0.2, -0.15) is 5.10 Å². The van der Waals surface area contributed by atoms with E-state index in [1.807, 2.05) is 0 Å². The van der Waals surface area contributed by atoms with Crippen LogP contribution in [0.15, 0.2) is 18.2 Å². The van der Waals surface area contributed by atoms with Crippen molar-refractivity contribution in [3.05, 3.63) is 35.7 Å². The first-order valence-electron chi connectivity index (χ1n) is 5.27. The fourth-order valence-electron chi connectivity index (χ4n) is 1.47. The number of hydrogen-bond acceptors (Lipinski definition) is 3. The summed E-state index contributed by atoms with van der Waals surface area (Å²) in [5.74, 6) is -0.414. The van der Waals surface area contributed by atoms with Gasteiger partial charge in [0.05, 0.1) is 5.56 Å². The first kappa shape index (κ1) is 11.7. The predicted molar refractivity (Wildman–Crippen MR) is 59.1 cm³/mol. The lowest BCUT2D eigenvalue weighted by Crippen LogP contribution is -2.01. The number of nitrogens with zero attached hydrogens (tertiary/aromatic N) is 2. The highest BCUT2D eigenvalue weighted by Gasteiger charge is 2.11. The van der Waals surface area contributed by atoms with Crippen LogP contribution in [0.25, 0.3) is 11.4 Å². The van der Waals surface area contributed by atoms with Crippen LogP contribution in [0.1, 0.15) is 12.2 Å². The van der Waals surface area contributed by atoms with Crippen molar-refractivity contribution in [1.29, 1.82) is 0 Å². The van der Waals surface area contributed by atoms with E-state index in [9.17, 15) is 8.78 Å². The molecule has 4 nitrogen and oxygen atoms in total. The zero-order valence-electron chi connectivity index (χ0n) is 9.08. The lowest BCUT2D eigenvalue weighted by Gasteiger charge is -1.97. The maximum absolute atomic E-state index is 13.4. The maximum atomic E-state index is 13.4. The van der Waals surface area contributed by atoms with Crippen molar-refractivity contribution in [1.82, 2.24) is 15.2 Å². The summed E-state index contributed by atoms with van der Waals surface area (Å²) in [6.07, 6.45) is 1.44. The highest BCUT2D eigenvalue weighted by atomic mass is 19.1. The molecule has 6 heteroatoms. The van der Waals surface area contributed by atoms with E-state index in [-0.39, 0.29) is 11.4 Å². The van der Waals surface area contributed by atoms with Crippen molar-refractivity contribution in [3.63, 3.8) is 0 Å². The van der Waals surface area contributed by atoms with Crippen LogP contribution in [0.3, 0.4) is 0 Å². The van der Waals surface area contributed by atoms with E-state index in [0.717, 1.165) is 12.5 Å². The van der Waals surface area contributed by atoms with Gasteiger partial charge in [0.15, 0.2) is 5.82 Å². The Bertz CT molecular complexity index is 510. The summed E-state index contributed by atoms with van der Waals surface area (Å²) < 4.78 is 26.2. The minimum Gasteiger partial charge on any atom is -0.330 e. The Balaban J connectivity index is 2.24. The number of halogens is 2. The molecule has 17 heavy (non-hydrogen) atoms. The third-order valence-electron chi connectivity index (χ3n) is 2.32. The topological polar surface area (TPSA) is 67.6 Å². The van der Waals surface area contributed by atoms with E-state index in [0.29, 0.717) is 18.8 Å². The molecule has 0 radical (unpaired) electrons. The molecule has 0 aliphatic heterocycles. The fraction of sp³-hybridized carbons (Fsp3) is 0.273. The van der Waals surface area contributed by atoms with Crippen molar-refractivity contribution in [2.45, 2.75) is 12.8 Å².